The number of aldehydes is 1. The van der Waals surface area contributed by atoms with Gasteiger partial charge in [0.15, 0.2) is 0 Å². The van der Waals surface area contributed by atoms with E-state index >= 15 is 0 Å². The van der Waals surface area contributed by atoms with Crippen LogP contribution in [0.4, 0.5) is 0 Å². The minimum atomic E-state index is -0.0461. The predicted molar refractivity (Wildman–Crippen MR) is 61.8 cm³/mol. The summed E-state index contributed by atoms with van der Waals surface area (Å²) >= 11 is 0. The fourth-order valence-corrected chi connectivity index (χ4v) is 2.69. The molecular formula is C14H18O. The molecule has 0 N–H and O–H groups in total. The molecule has 0 aliphatic heterocycles. The maximum absolute atomic E-state index is 11.2. The largest absolute Gasteiger partial charge is 0.303 e. The monoisotopic (exact) mass is 202 g/mol. The van der Waals surface area contributed by atoms with Crippen LogP contribution in [0.2, 0.25) is 0 Å². The summed E-state index contributed by atoms with van der Waals surface area (Å²) in [4.78, 5) is 11.2. The zero-order valence-electron chi connectivity index (χ0n) is 9.44. The normalized spacial score (nSPS) is 19.9. The molecule has 0 aromatic heterocycles. The van der Waals surface area contributed by atoms with E-state index in [9.17, 15) is 4.79 Å². The first kappa shape index (κ1) is 10.4. The molecule has 80 valence electrons. The number of hydrogen-bond donors (Lipinski definition) is 0. The first-order valence-corrected chi connectivity index (χ1v) is 5.71. The third kappa shape index (κ3) is 1.83. The minimum absolute atomic E-state index is 0.0461. The topological polar surface area (TPSA) is 17.1 Å². The summed E-state index contributed by atoms with van der Waals surface area (Å²) in [5, 5.41) is 0. The Morgan fingerprint density at radius 2 is 1.80 bits per heavy atom. The summed E-state index contributed by atoms with van der Waals surface area (Å²) < 4.78 is 0. The summed E-state index contributed by atoms with van der Waals surface area (Å²) in [6, 6.07) is 10.4. The Kier molecular flexibility index (Phi) is 2.64. The summed E-state index contributed by atoms with van der Waals surface area (Å²) in [5.74, 6) is 0.927. The smallest absolute Gasteiger partial charge is 0.126 e. The van der Waals surface area contributed by atoms with Crippen LogP contribution in [-0.4, -0.2) is 6.29 Å². The Morgan fingerprint density at radius 3 is 2.20 bits per heavy atom. The van der Waals surface area contributed by atoms with Crippen molar-refractivity contribution in [1.82, 2.24) is 0 Å². The highest BCUT2D eigenvalue weighted by Crippen LogP contribution is 2.57. The second-order valence-electron chi connectivity index (χ2n) is 4.98. The van der Waals surface area contributed by atoms with E-state index in [4.69, 9.17) is 0 Å². The maximum atomic E-state index is 11.2. The molecule has 0 spiro atoms. The molecule has 1 aromatic rings. The fraction of sp³-hybridized carbons (Fsp3) is 0.500. The van der Waals surface area contributed by atoms with Crippen molar-refractivity contribution in [2.24, 2.45) is 11.3 Å². The number of carbonyl (C=O) groups excluding carboxylic acids is 1. The van der Waals surface area contributed by atoms with Gasteiger partial charge >= 0.3 is 0 Å². The van der Waals surface area contributed by atoms with Crippen LogP contribution in [0, 0.1) is 11.3 Å². The molecule has 0 heterocycles. The first-order valence-electron chi connectivity index (χ1n) is 5.71. The lowest BCUT2D eigenvalue weighted by molar-refractivity contribution is -0.113. The van der Waals surface area contributed by atoms with Crippen molar-refractivity contribution in [3.05, 3.63) is 35.9 Å². The van der Waals surface area contributed by atoms with E-state index in [1.54, 1.807) is 0 Å². The molecule has 1 heteroatoms. The third-order valence-electron chi connectivity index (χ3n) is 3.51. The van der Waals surface area contributed by atoms with Crippen molar-refractivity contribution in [3.8, 4) is 0 Å². The van der Waals surface area contributed by atoms with Crippen LogP contribution in [0.15, 0.2) is 30.3 Å². The molecule has 15 heavy (non-hydrogen) atoms. The molecule has 1 aliphatic rings. The molecule has 0 bridgehead atoms. The second-order valence-corrected chi connectivity index (χ2v) is 4.98. The van der Waals surface area contributed by atoms with E-state index in [0.717, 1.165) is 12.8 Å². The number of hydrogen-bond acceptors (Lipinski definition) is 1. The van der Waals surface area contributed by atoms with Crippen LogP contribution < -0.4 is 0 Å². The predicted octanol–water partition coefficient (Wildman–Crippen LogP) is 3.41. The molecule has 1 saturated carbocycles. The summed E-state index contributed by atoms with van der Waals surface area (Å²) in [6.07, 6.45) is 3.31. The Labute approximate surface area is 91.5 Å². The van der Waals surface area contributed by atoms with Crippen LogP contribution in [-0.2, 0) is 4.79 Å². The van der Waals surface area contributed by atoms with E-state index < -0.39 is 0 Å². The molecule has 1 fully saturated rings. The van der Waals surface area contributed by atoms with Crippen LogP contribution >= 0.6 is 0 Å². The summed E-state index contributed by atoms with van der Waals surface area (Å²) in [6.45, 7) is 4.42. The minimum Gasteiger partial charge on any atom is -0.303 e. The average Bonchev–Trinajstić information content (AvgIpc) is 3.00. The van der Waals surface area contributed by atoms with Crippen molar-refractivity contribution in [2.45, 2.75) is 32.6 Å². The summed E-state index contributed by atoms with van der Waals surface area (Å²) in [5.41, 5.74) is 1.27. The van der Waals surface area contributed by atoms with Gasteiger partial charge in [0.25, 0.3) is 0 Å². The Bertz CT molecular complexity index is 336. The van der Waals surface area contributed by atoms with Crippen molar-refractivity contribution < 1.29 is 4.79 Å². The quantitative estimate of drug-likeness (QED) is 0.684. The highest BCUT2D eigenvalue weighted by molar-refractivity contribution is 5.66. The molecule has 0 amide bonds. The molecule has 1 unspecified atom stereocenters. The van der Waals surface area contributed by atoms with E-state index in [2.05, 4.69) is 38.1 Å². The molecule has 1 atom stereocenters. The molecule has 0 saturated heterocycles. The average molecular weight is 202 g/mol. The summed E-state index contributed by atoms with van der Waals surface area (Å²) in [7, 11) is 0. The van der Waals surface area contributed by atoms with E-state index in [1.165, 1.54) is 11.8 Å². The SMILES string of the molecule is CC(C)C(c1ccccc1)C1(C=O)CC1. The van der Waals surface area contributed by atoms with Gasteiger partial charge in [0.2, 0.25) is 0 Å². The molecule has 1 nitrogen and oxygen atoms in total. The lowest BCUT2D eigenvalue weighted by Gasteiger charge is -2.26. The molecular weight excluding hydrogens is 184 g/mol. The van der Waals surface area contributed by atoms with E-state index in [0.29, 0.717) is 11.8 Å². The van der Waals surface area contributed by atoms with Crippen LogP contribution in [0.25, 0.3) is 0 Å². The Hall–Kier alpha value is -1.11. The molecule has 1 aliphatic carbocycles. The van der Waals surface area contributed by atoms with Crippen LogP contribution in [0.1, 0.15) is 38.2 Å². The molecule has 0 radical (unpaired) electrons. The standard InChI is InChI=1S/C14H18O/c1-11(2)13(14(10-15)8-9-14)12-6-4-3-5-7-12/h3-7,10-11,13H,8-9H2,1-2H3. The van der Waals surface area contributed by atoms with Gasteiger partial charge in [-0.05, 0) is 30.2 Å². The van der Waals surface area contributed by atoms with E-state index in [1.807, 2.05) is 6.07 Å². The lowest BCUT2D eigenvalue weighted by Crippen LogP contribution is -2.20. The van der Waals surface area contributed by atoms with Gasteiger partial charge in [0, 0.05) is 5.41 Å². The van der Waals surface area contributed by atoms with Crippen molar-refractivity contribution in [1.29, 1.82) is 0 Å². The second kappa shape index (κ2) is 3.80. The van der Waals surface area contributed by atoms with Gasteiger partial charge < -0.3 is 4.79 Å². The lowest BCUT2D eigenvalue weighted by atomic mass is 9.77. The first-order chi connectivity index (χ1) is 7.19. The third-order valence-corrected chi connectivity index (χ3v) is 3.51. The van der Waals surface area contributed by atoms with Gasteiger partial charge in [-0.3, -0.25) is 0 Å². The zero-order chi connectivity index (χ0) is 10.9. The van der Waals surface area contributed by atoms with Crippen LogP contribution in [0.5, 0.6) is 0 Å². The Morgan fingerprint density at radius 1 is 1.20 bits per heavy atom. The van der Waals surface area contributed by atoms with E-state index in [-0.39, 0.29) is 5.41 Å². The van der Waals surface area contributed by atoms with Gasteiger partial charge in [-0.25, -0.2) is 0 Å². The zero-order valence-corrected chi connectivity index (χ0v) is 9.44. The number of rotatable bonds is 4. The van der Waals surface area contributed by atoms with Crippen molar-refractivity contribution in [3.63, 3.8) is 0 Å². The number of benzene rings is 1. The molecule has 1 aromatic carbocycles. The van der Waals surface area contributed by atoms with Gasteiger partial charge in [0.05, 0.1) is 0 Å². The highest BCUT2D eigenvalue weighted by atomic mass is 16.1. The van der Waals surface area contributed by atoms with Gasteiger partial charge in [-0.2, -0.15) is 0 Å². The van der Waals surface area contributed by atoms with Crippen molar-refractivity contribution in [2.75, 3.05) is 0 Å². The van der Waals surface area contributed by atoms with Crippen LogP contribution in [0.3, 0.4) is 0 Å². The molecule has 2 rings (SSSR count). The van der Waals surface area contributed by atoms with Gasteiger partial charge in [-0.15, -0.1) is 0 Å². The van der Waals surface area contributed by atoms with Gasteiger partial charge in [-0.1, -0.05) is 44.2 Å². The van der Waals surface area contributed by atoms with Gasteiger partial charge in [0.1, 0.15) is 6.29 Å². The highest BCUT2D eigenvalue weighted by Gasteiger charge is 2.50. The fourth-order valence-electron chi connectivity index (χ4n) is 2.69. The Balaban J connectivity index is 2.33. The number of carbonyl (C=O) groups is 1. The van der Waals surface area contributed by atoms with Crippen molar-refractivity contribution >= 4 is 6.29 Å². The maximum Gasteiger partial charge on any atom is 0.126 e.